The van der Waals surface area contributed by atoms with Crippen molar-refractivity contribution >= 4 is 11.6 Å². The number of benzene rings is 1. The minimum absolute atomic E-state index is 0.144. The molecule has 0 radical (unpaired) electrons. The molecule has 0 bridgehead atoms. The number of aryl methyl sites for hydroxylation is 1. The molecule has 0 saturated heterocycles. The molecule has 4 heteroatoms. The van der Waals surface area contributed by atoms with E-state index in [4.69, 9.17) is 16.1 Å². The molecule has 0 spiro atoms. The van der Waals surface area contributed by atoms with Crippen LogP contribution in [-0.2, 0) is 6.42 Å². The molecule has 0 unspecified atom stereocenters. The predicted octanol–water partition coefficient (Wildman–Crippen LogP) is 2.95. The second kappa shape index (κ2) is 3.80. The third-order valence-corrected chi connectivity index (χ3v) is 2.18. The van der Waals surface area contributed by atoms with Crippen LogP contribution in [0.5, 0.6) is 0 Å². The summed E-state index contributed by atoms with van der Waals surface area (Å²) in [5.41, 5.74) is 2.13. The molecule has 1 aromatic heterocycles. The maximum absolute atomic E-state index is 5.59. The summed E-state index contributed by atoms with van der Waals surface area (Å²) in [5.74, 6) is 0.479. The third kappa shape index (κ3) is 1.63. The van der Waals surface area contributed by atoms with Crippen molar-refractivity contribution in [1.29, 1.82) is 0 Å². The molecule has 2 aromatic rings. The van der Waals surface area contributed by atoms with Gasteiger partial charge < -0.3 is 4.52 Å². The van der Waals surface area contributed by atoms with Crippen molar-refractivity contribution < 1.29 is 4.52 Å². The molecule has 0 saturated carbocycles. The smallest absolute Gasteiger partial charge is 0.264 e. The van der Waals surface area contributed by atoms with Crippen LogP contribution in [0.3, 0.4) is 0 Å². The summed E-state index contributed by atoms with van der Waals surface area (Å²) in [6.45, 7) is 2.08. The van der Waals surface area contributed by atoms with E-state index in [2.05, 4.69) is 17.1 Å². The maximum atomic E-state index is 5.59. The number of hydrogen-bond donors (Lipinski definition) is 0. The maximum Gasteiger partial charge on any atom is 0.264 e. The first-order chi connectivity index (χ1) is 6.81. The van der Waals surface area contributed by atoms with Gasteiger partial charge in [0.25, 0.3) is 11.2 Å². The van der Waals surface area contributed by atoms with Crippen LogP contribution in [-0.4, -0.2) is 10.1 Å². The van der Waals surface area contributed by atoms with Gasteiger partial charge in [-0.3, -0.25) is 0 Å². The van der Waals surface area contributed by atoms with Crippen molar-refractivity contribution in [1.82, 2.24) is 10.1 Å². The molecule has 0 N–H and O–H groups in total. The zero-order valence-corrected chi connectivity index (χ0v) is 8.45. The van der Waals surface area contributed by atoms with Gasteiger partial charge in [-0.05, 0) is 34.8 Å². The third-order valence-electron chi connectivity index (χ3n) is 2.03. The molecular formula is C10H9ClN2O. The fraction of sp³-hybridized carbons (Fsp3) is 0.200. The second-order valence-corrected chi connectivity index (χ2v) is 3.22. The van der Waals surface area contributed by atoms with Crippen LogP contribution >= 0.6 is 11.6 Å². The van der Waals surface area contributed by atoms with E-state index in [1.54, 1.807) is 0 Å². The van der Waals surface area contributed by atoms with Gasteiger partial charge in [-0.25, -0.2) is 0 Å². The molecule has 72 valence electrons. The molecule has 1 heterocycles. The van der Waals surface area contributed by atoms with Gasteiger partial charge in [0.05, 0.1) is 0 Å². The van der Waals surface area contributed by atoms with Crippen LogP contribution in [0, 0.1) is 0 Å². The quantitative estimate of drug-likeness (QED) is 0.762. The Balaban J connectivity index is 2.50. The number of aromatic nitrogens is 2. The SMILES string of the molecule is CCc1ccccc1-c1nc(Cl)no1. The van der Waals surface area contributed by atoms with E-state index >= 15 is 0 Å². The van der Waals surface area contributed by atoms with Crippen LogP contribution in [0.2, 0.25) is 5.28 Å². The zero-order valence-electron chi connectivity index (χ0n) is 7.70. The van der Waals surface area contributed by atoms with Gasteiger partial charge in [0.15, 0.2) is 0 Å². The number of nitrogens with zero attached hydrogens (tertiary/aromatic N) is 2. The predicted molar refractivity (Wildman–Crippen MR) is 54.1 cm³/mol. The molecular weight excluding hydrogens is 200 g/mol. The van der Waals surface area contributed by atoms with Crippen LogP contribution in [0.1, 0.15) is 12.5 Å². The van der Waals surface area contributed by atoms with Crippen LogP contribution < -0.4 is 0 Å². The molecule has 2 rings (SSSR count). The lowest BCUT2D eigenvalue weighted by Crippen LogP contribution is -1.86. The van der Waals surface area contributed by atoms with Gasteiger partial charge in [0, 0.05) is 5.56 Å². The van der Waals surface area contributed by atoms with Gasteiger partial charge >= 0.3 is 0 Å². The van der Waals surface area contributed by atoms with Crippen molar-refractivity contribution in [3.05, 3.63) is 35.1 Å². The van der Waals surface area contributed by atoms with Gasteiger partial charge in [-0.2, -0.15) is 4.98 Å². The fourth-order valence-electron chi connectivity index (χ4n) is 1.35. The van der Waals surface area contributed by atoms with E-state index in [0.29, 0.717) is 5.89 Å². The van der Waals surface area contributed by atoms with E-state index in [-0.39, 0.29) is 5.28 Å². The molecule has 0 aliphatic rings. The fourth-order valence-corrected chi connectivity index (χ4v) is 1.46. The average Bonchev–Trinajstić information content (AvgIpc) is 2.65. The molecule has 0 aliphatic carbocycles. The van der Waals surface area contributed by atoms with Gasteiger partial charge in [-0.1, -0.05) is 25.1 Å². The number of hydrogen-bond acceptors (Lipinski definition) is 3. The second-order valence-electron chi connectivity index (χ2n) is 2.88. The largest absolute Gasteiger partial charge is 0.333 e. The summed E-state index contributed by atoms with van der Waals surface area (Å²) >= 11 is 5.59. The van der Waals surface area contributed by atoms with E-state index < -0.39 is 0 Å². The number of halogens is 1. The highest BCUT2D eigenvalue weighted by Crippen LogP contribution is 2.22. The Hall–Kier alpha value is -1.35. The van der Waals surface area contributed by atoms with Crippen molar-refractivity contribution in [3.8, 4) is 11.5 Å². The Morgan fingerprint density at radius 2 is 2.14 bits per heavy atom. The lowest BCUT2D eigenvalue weighted by atomic mass is 10.1. The zero-order chi connectivity index (χ0) is 9.97. The lowest BCUT2D eigenvalue weighted by molar-refractivity contribution is 0.430. The van der Waals surface area contributed by atoms with Crippen LogP contribution in [0.15, 0.2) is 28.8 Å². The average molecular weight is 209 g/mol. The summed E-state index contributed by atoms with van der Waals surface area (Å²) in [7, 11) is 0. The minimum Gasteiger partial charge on any atom is -0.333 e. The van der Waals surface area contributed by atoms with Crippen molar-refractivity contribution in [2.45, 2.75) is 13.3 Å². The molecule has 0 amide bonds. The first kappa shape index (κ1) is 9.21. The highest BCUT2D eigenvalue weighted by atomic mass is 35.5. The van der Waals surface area contributed by atoms with Crippen molar-refractivity contribution in [2.24, 2.45) is 0 Å². The summed E-state index contributed by atoms with van der Waals surface area (Å²) < 4.78 is 5.00. The van der Waals surface area contributed by atoms with E-state index in [0.717, 1.165) is 12.0 Å². The van der Waals surface area contributed by atoms with Crippen molar-refractivity contribution in [2.75, 3.05) is 0 Å². The minimum atomic E-state index is 0.144. The normalized spacial score (nSPS) is 10.4. The molecule has 14 heavy (non-hydrogen) atoms. The number of rotatable bonds is 2. The summed E-state index contributed by atoms with van der Waals surface area (Å²) in [4.78, 5) is 3.98. The highest BCUT2D eigenvalue weighted by Gasteiger charge is 2.09. The van der Waals surface area contributed by atoms with Gasteiger partial charge in [0.2, 0.25) is 0 Å². The Morgan fingerprint density at radius 3 is 2.79 bits per heavy atom. The van der Waals surface area contributed by atoms with Crippen LogP contribution in [0.25, 0.3) is 11.5 Å². The Morgan fingerprint density at radius 1 is 1.36 bits per heavy atom. The van der Waals surface area contributed by atoms with Gasteiger partial charge in [0.1, 0.15) is 0 Å². The van der Waals surface area contributed by atoms with Crippen molar-refractivity contribution in [3.63, 3.8) is 0 Å². The topological polar surface area (TPSA) is 38.9 Å². The molecule has 3 nitrogen and oxygen atoms in total. The Bertz CT molecular complexity index is 439. The van der Waals surface area contributed by atoms with Gasteiger partial charge in [-0.15, -0.1) is 0 Å². The molecule has 0 atom stereocenters. The lowest BCUT2D eigenvalue weighted by Gasteiger charge is -2.01. The highest BCUT2D eigenvalue weighted by molar-refractivity contribution is 6.28. The molecule has 0 fully saturated rings. The van der Waals surface area contributed by atoms with E-state index in [1.807, 2.05) is 24.3 Å². The summed E-state index contributed by atoms with van der Waals surface area (Å²) in [6, 6.07) is 7.91. The Kier molecular flexibility index (Phi) is 2.50. The Labute approximate surface area is 86.7 Å². The first-order valence-corrected chi connectivity index (χ1v) is 4.76. The van der Waals surface area contributed by atoms with E-state index in [9.17, 15) is 0 Å². The molecule has 0 aliphatic heterocycles. The molecule has 1 aromatic carbocycles. The standard InChI is InChI=1S/C10H9ClN2O/c1-2-7-5-3-4-6-8(7)9-12-10(11)13-14-9/h3-6H,2H2,1H3. The van der Waals surface area contributed by atoms with Crippen LogP contribution in [0.4, 0.5) is 0 Å². The summed E-state index contributed by atoms with van der Waals surface area (Å²) in [5, 5.41) is 3.69. The monoisotopic (exact) mass is 208 g/mol. The van der Waals surface area contributed by atoms with E-state index in [1.165, 1.54) is 5.56 Å². The first-order valence-electron chi connectivity index (χ1n) is 4.38. The summed E-state index contributed by atoms with van der Waals surface area (Å²) in [6.07, 6.45) is 0.927.